The zero-order valence-electron chi connectivity index (χ0n) is 7.68. The highest BCUT2D eigenvalue weighted by atomic mass is 79.9. The Morgan fingerprint density at radius 2 is 1.60 bits per heavy atom. The molecule has 0 radical (unpaired) electrons. The molecule has 2 aromatic carbocycles. The van der Waals surface area contributed by atoms with Gasteiger partial charge in [-0.2, -0.15) is 0 Å². The van der Waals surface area contributed by atoms with Crippen molar-refractivity contribution in [1.29, 1.82) is 0 Å². The predicted octanol–water partition coefficient (Wildman–Crippen LogP) is 5.42. The SMILES string of the molecule is Clc1cccc(-c2cc(Cl)ccc2Br)c1. The normalized spacial score (nSPS) is 10.3. The van der Waals surface area contributed by atoms with Gasteiger partial charge in [0.25, 0.3) is 0 Å². The average molecular weight is 302 g/mol. The number of benzene rings is 2. The molecule has 0 N–H and O–H groups in total. The van der Waals surface area contributed by atoms with E-state index in [1.807, 2.05) is 42.5 Å². The second-order valence-corrected chi connectivity index (χ2v) is 4.86. The zero-order chi connectivity index (χ0) is 10.8. The lowest BCUT2D eigenvalue weighted by molar-refractivity contribution is 1.58. The van der Waals surface area contributed by atoms with Gasteiger partial charge in [-0.15, -0.1) is 0 Å². The second kappa shape index (κ2) is 4.56. The van der Waals surface area contributed by atoms with Gasteiger partial charge in [0.05, 0.1) is 0 Å². The van der Waals surface area contributed by atoms with E-state index in [1.54, 1.807) is 0 Å². The van der Waals surface area contributed by atoms with Crippen molar-refractivity contribution < 1.29 is 0 Å². The zero-order valence-corrected chi connectivity index (χ0v) is 10.8. The summed E-state index contributed by atoms with van der Waals surface area (Å²) in [6.45, 7) is 0. The van der Waals surface area contributed by atoms with Gasteiger partial charge in [-0.05, 0) is 41.5 Å². The summed E-state index contributed by atoms with van der Waals surface area (Å²) in [6.07, 6.45) is 0. The van der Waals surface area contributed by atoms with E-state index in [9.17, 15) is 0 Å². The van der Waals surface area contributed by atoms with Crippen molar-refractivity contribution in [3.8, 4) is 11.1 Å². The van der Waals surface area contributed by atoms with Gasteiger partial charge >= 0.3 is 0 Å². The van der Waals surface area contributed by atoms with Crippen molar-refractivity contribution in [1.82, 2.24) is 0 Å². The van der Waals surface area contributed by atoms with Gasteiger partial charge in [0.15, 0.2) is 0 Å². The average Bonchev–Trinajstić information content (AvgIpc) is 2.22. The molecule has 0 aliphatic heterocycles. The van der Waals surface area contributed by atoms with Crippen molar-refractivity contribution >= 4 is 39.1 Å². The molecule has 2 aromatic rings. The van der Waals surface area contributed by atoms with Crippen molar-refractivity contribution in [2.75, 3.05) is 0 Å². The van der Waals surface area contributed by atoms with Gasteiger partial charge in [-0.25, -0.2) is 0 Å². The number of hydrogen-bond acceptors (Lipinski definition) is 0. The van der Waals surface area contributed by atoms with Crippen LogP contribution in [0.2, 0.25) is 10.0 Å². The third kappa shape index (κ3) is 2.54. The lowest BCUT2D eigenvalue weighted by Gasteiger charge is -2.05. The van der Waals surface area contributed by atoms with Crippen LogP contribution in [0.25, 0.3) is 11.1 Å². The molecule has 2 rings (SSSR count). The third-order valence-corrected chi connectivity index (χ3v) is 3.23. The van der Waals surface area contributed by atoms with Gasteiger partial charge in [0, 0.05) is 14.5 Å². The molecule has 76 valence electrons. The topological polar surface area (TPSA) is 0 Å². The number of halogens is 3. The molecule has 0 unspecified atom stereocenters. The first-order valence-electron chi connectivity index (χ1n) is 4.38. The molecule has 0 aliphatic carbocycles. The molecule has 15 heavy (non-hydrogen) atoms. The maximum absolute atomic E-state index is 5.95. The van der Waals surface area contributed by atoms with Crippen LogP contribution in [0.3, 0.4) is 0 Å². The Balaban J connectivity index is 2.58. The highest BCUT2D eigenvalue weighted by Gasteiger charge is 2.04. The van der Waals surface area contributed by atoms with Crippen LogP contribution in [-0.2, 0) is 0 Å². The largest absolute Gasteiger partial charge is 0.0843 e. The van der Waals surface area contributed by atoms with Crippen molar-refractivity contribution in [2.24, 2.45) is 0 Å². The van der Waals surface area contributed by atoms with Crippen LogP contribution < -0.4 is 0 Å². The highest BCUT2D eigenvalue weighted by molar-refractivity contribution is 9.10. The molecule has 3 heteroatoms. The molecule has 0 atom stereocenters. The summed E-state index contributed by atoms with van der Waals surface area (Å²) in [7, 11) is 0. The van der Waals surface area contributed by atoms with Crippen LogP contribution in [0.15, 0.2) is 46.9 Å². The van der Waals surface area contributed by atoms with Gasteiger partial charge in [-0.3, -0.25) is 0 Å². The van der Waals surface area contributed by atoms with Gasteiger partial charge < -0.3 is 0 Å². The van der Waals surface area contributed by atoms with E-state index in [4.69, 9.17) is 23.2 Å². The molecule has 0 nitrogen and oxygen atoms in total. The van der Waals surface area contributed by atoms with E-state index in [-0.39, 0.29) is 0 Å². The van der Waals surface area contributed by atoms with Crippen molar-refractivity contribution in [2.45, 2.75) is 0 Å². The maximum Gasteiger partial charge on any atom is 0.0412 e. The van der Waals surface area contributed by atoms with Crippen molar-refractivity contribution in [3.05, 3.63) is 57.0 Å². The van der Waals surface area contributed by atoms with Gasteiger partial charge in [0.2, 0.25) is 0 Å². The molecular formula is C12H7BrCl2. The fraction of sp³-hybridized carbons (Fsp3) is 0. The number of hydrogen-bond donors (Lipinski definition) is 0. The first kappa shape index (κ1) is 11.0. The van der Waals surface area contributed by atoms with E-state index in [0.717, 1.165) is 20.6 Å². The van der Waals surface area contributed by atoms with Crippen LogP contribution in [0.4, 0.5) is 0 Å². The van der Waals surface area contributed by atoms with Crippen molar-refractivity contribution in [3.63, 3.8) is 0 Å². The molecule has 0 aliphatic rings. The summed E-state index contributed by atoms with van der Waals surface area (Å²) in [5.41, 5.74) is 2.10. The monoisotopic (exact) mass is 300 g/mol. The van der Waals surface area contributed by atoms with Gasteiger partial charge in [-0.1, -0.05) is 51.3 Å². The first-order chi connectivity index (χ1) is 7.16. The fourth-order valence-electron chi connectivity index (χ4n) is 1.37. The van der Waals surface area contributed by atoms with E-state index in [2.05, 4.69) is 15.9 Å². The number of rotatable bonds is 1. The molecule has 0 saturated heterocycles. The molecule has 0 fully saturated rings. The Morgan fingerprint density at radius 3 is 2.33 bits per heavy atom. The summed E-state index contributed by atoms with van der Waals surface area (Å²) in [5, 5.41) is 1.44. The van der Waals surface area contributed by atoms with E-state index >= 15 is 0 Å². The summed E-state index contributed by atoms with van der Waals surface area (Å²) < 4.78 is 1.01. The summed E-state index contributed by atoms with van der Waals surface area (Å²) >= 11 is 15.4. The van der Waals surface area contributed by atoms with Crippen LogP contribution in [-0.4, -0.2) is 0 Å². The molecular weight excluding hydrogens is 295 g/mol. The Morgan fingerprint density at radius 1 is 0.867 bits per heavy atom. The van der Waals surface area contributed by atoms with E-state index in [0.29, 0.717) is 5.02 Å². The van der Waals surface area contributed by atoms with Crippen LogP contribution in [0.1, 0.15) is 0 Å². The summed E-state index contributed by atoms with van der Waals surface area (Å²) in [5.74, 6) is 0. The van der Waals surface area contributed by atoms with Crippen LogP contribution in [0.5, 0.6) is 0 Å². The minimum absolute atomic E-state index is 0.716. The molecule has 0 aromatic heterocycles. The molecule has 0 spiro atoms. The molecule has 0 amide bonds. The smallest absolute Gasteiger partial charge is 0.0412 e. The lowest BCUT2D eigenvalue weighted by atomic mass is 10.1. The van der Waals surface area contributed by atoms with E-state index in [1.165, 1.54) is 0 Å². The predicted molar refractivity (Wildman–Crippen MR) is 69.6 cm³/mol. The second-order valence-electron chi connectivity index (χ2n) is 3.13. The lowest BCUT2D eigenvalue weighted by Crippen LogP contribution is -1.79. The molecule has 0 bridgehead atoms. The minimum atomic E-state index is 0.716. The standard InChI is InChI=1S/C12H7BrCl2/c13-12-5-4-10(15)7-11(12)8-2-1-3-9(14)6-8/h1-7H. The third-order valence-electron chi connectivity index (χ3n) is 2.06. The van der Waals surface area contributed by atoms with Crippen LogP contribution >= 0.6 is 39.1 Å². The Hall–Kier alpha value is -0.500. The van der Waals surface area contributed by atoms with Gasteiger partial charge in [0.1, 0.15) is 0 Å². The molecule has 0 heterocycles. The molecule has 0 saturated carbocycles. The first-order valence-corrected chi connectivity index (χ1v) is 5.93. The highest BCUT2D eigenvalue weighted by Crippen LogP contribution is 2.31. The summed E-state index contributed by atoms with van der Waals surface area (Å²) in [6, 6.07) is 13.4. The maximum atomic E-state index is 5.95. The summed E-state index contributed by atoms with van der Waals surface area (Å²) in [4.78, 5) is 0. The quantitative estimate of drug-likeness (QED) is 0.659. The Kier molecular flexibility index (Phi) is 3.35. The minimum Gasteiger partial charge on any atom is -0.0843 e. The Labute approximate surface area is 107 Å². The fourth-order valence-corrected chi connectivity index (χ4v) is 2.21. The van der Waals surface area contributed by atoms with E-state index < -0.39 is 0 Å². The Bertz CT molecular complexity index is 495. The van der Waals surface area contributed by atoms with Crippen LogP contribution in [0, 0.1) is 0 Å².